The average Bonchev–Trinajstić information content (AvgIpc) is 2.52. The zero-order valence-electron chi connectivity index (χ0n) is 12.5. The van der Waals surface area contributed by atoms with Gasteiger partial charge in [-0.2, -0.15) is 0 Å². The number of amides is 1. The zero-order valence-corrected chi connectivity index (χ0v) is 13.3. The fraction of sp³-hybridized carbons (Fsp3) is 0.562. The zero-order chi connectivity index (χ0) is 15.2. The smallest absolute Gasteiger partial charge is 0.224 e. The second kappa shape index (κ2) is 7.78. The van der Waals surface area contributed by atoms with Crippen molar-refractivity contribution in [1.82, 2.24) is 10.2 Å². The number of benzene rings is 1. The van der Waals surface area contributed by atoms with E-state index in [-0.39, 0.29) is 11.8 Å². The minimum atomic E-state index is 0.0695. The van der Waals surface area contributed by atoms with Gasteiger partial charge in [0, 0.05) is 30.7 Å². The van der Waals surface area contributed by atoms with E-state index in [4.69, 9.17) is 17.3 Å². The predicted molar refractivity (Wildman–Crippen MR) is 86.2 cm³/mol. The fourth-order valence-electron chi connectivity index (χ4n) is 2.86. The highest BCUT2D eigenvalue weighted by molar-refractivity contribution is 6.30. The van der Waals surface area contributed by atoms with Gasteiger partial charge in [0.2, 0.25) is 5.91 Å². The van der Waals surface area contributed by atoms with E-state index in [1.807, 2.05) is 12.1 Å². The number of carbonyl (C=O) groups is 1. The van der Waals surface area contributed by atoms with Gasteiger partial charge in [-0.3, -0.25) is 9.69 Å². The normalized spacial score (nSPS) is 21.0. The largest absolute Gasteiger partial charge is 0.355 e. The molecule has 1 aromatic rings. The molecule has 1 fully saturated rings. The standard InChI is InChI=1S/C16H24ClN3O/c1-12(13-4-6-15(17)7-5-13)20-10-2-3-14(11-20)16(21)19-9-8-18/h4-7,12,14H,2-3,8-11,18H2,1H3,(H,19,21). The molecule has 1 amide bonds. The second-order valence-electron chi connectivity index (χ2n) is 5.64. The van der Waals surface area contributed by atoms with E-state index in [0.717, 1.165) is 31.0 Å². The summed E-state index contributed by atoms with van der Waals surface area (Å²) in [5, 5.41) is 3.65. The molecule has 1 heterocycles. The molecule has 0 aliphatic carbocycles. The van der Waals surface area contributed by atoms with E-state index < -0.39 is 0 Å². The lowest BCUT2D eigenvalue weighted by molar-refractivity contribution is -0.126. The van der Waals surface area contributed by atoms with Gasteiger partial charge in [-0.05, 0) is 44.0 Å². The molecule has 2 rings (SSSR count). The molecule has 0 bridgehead atoms. The second-order valence-corrected chi connectivity index (χ2v) is 6.08. The van der Waals surface area contributed by atoms with Gasteiger partial charge >= 0.3 is 0 Å². The van der Waals surface area contributed by atoms with Crippen LogP contribution in [0, 0.1) is 5.92 Å². The van der Waals surface area contributed by atoms with Crippen LogP contribution in [0.2, 0.25) is 5.02 Å². The summed E-state index contributed by atoms with van der Waals surface area (Å²) in [7, 11) is 0. The molecule has 1 aliphatic heterocycles. The lowest BCUT2D eigenvalue weighted by Crippen LogP contribution is -2.44. The van der Waals surface area contributed by atoms with Crippen LogP contribution in [0.4, 0.5) is 0 Å². The molecule has 4 nitrogen and oxygen atoms in total. The van der Waals surface area contributed by atoms with E-state index in [0.29, 0.717) is 19.1 Å². The summed E-state index contributed by atoms with van der Waals surface area (Å²) in [5.41, 5.74) is 6.67. The number of carbonyl (C=O) groups excluding carboxylic acids is 1. The fourth-order valence-corrected chi connectivity index (χ4v) is 2.99. The Morgan fingerprint density at radius 3 is 2.86 bits per heavy atom. The third-order valence-corrected chi connectivity index (χ3v) is 4.42. The summed E-state index contributed by atoms with van der Waals surface area (Å²) in [6.45, 7) is 5.07. The van der Waals surface area contributed by atoms with E-state index in [2.05, 4.69) is 29.3 Å². The summed E-state index contributed by atoms with van der Waals surface area (Å²) in [6, 6.07) is 8.26. The molecular weight excluding hydrogens is 286 g/mol. The first-order chi connectivity index (χ1) is 10.1. The molecule has 2 atom stereocenters. The van der Waals surface area contributed by atoms with Crippen LogP contribution in [0.15, 0.2) is 24.3 Å². The van der Waals surface area contributed by atoms with Gasteiger partial charge in [0.25, 0.3) is 0 Å². The number of piperidine rings is 1. The van der Waals surface area contributed by atoms with Crippen molar-refractivity contribution in [1.29, 1.82) is 0 Å². The Hall–Kier alpha value is -1.10. The highest BCUT2D eigenvalue weighted by Gasteiger charge is 2.28. The molecule has 5 heteroatoms. The Morgan fingerprint density at radius 1 is 1.48 bits per heavy atom. The molecule has 21 heavy (non-hydrogen) atoms. The van der Waals surface area contributed by atoms with E-state index in [1.54, 1.807) is 0 Å². The van der Waals surface area contributed by atoms with Crippen molar-refractivity contribution in [3.05, 3.63) is 34.9 Å². The van der Waals surface area contributed by atoms with Crippen molar-refractivity contribution in [3.8, 4) is 0 Å². The first-order valence-electron chi connectivity index (χ1n) is 7.59. The van der Waals surface area contributed by atoms with Gasteiger partial charge in [0.05, 0.1) is 5.92 Å². The molecule has 116 valence electrons. The summed E-state index contributed by atoms with van der Waals surface area (Å²) < 4.78 is 0. The van der Waals surface area contributed by atoms with Crippen LogP contribution in [0.3, 0.4) is 0 Å². The minimum Gasteiger partial charge on any atom is -0.355 e. The highest BCUT2D eigenvalue weighted by atomic mass is 35.5. The molecule has 0 saturated carbocycles. The Balaban J connectivity index is 1.96. The molecule has 3 N–H and O–H groups in total. The summed E-state index contributed by atoms with van der Waals surface area (Å²) >= 11 is 5.94. The van der Waals surface area contributed by atoms with Crippen molar-refractivity contribution in [2.24, 2.45) is 11.7 Å². The van der Waals surface area contributed by atoms with Crippen LogP contribution >= 0.6 is 11.6 Å². The average molecular weight is 310 g/mol. The van der Waals surface area contributed by atoms with Gasteiger partial charge in [-0.25, -0.2) is 0 Å². The maximum atomic E-state index is 12.1. The number of nitrogens with zero attached hydrogens (tertiary/aromatic N) is 1. The summed E-state index contributed by atoms with van der Waals surface area (Å²) in [4.78, 5) is 14.5. The number of nitrogens with two attached hydrogens (primary N) is 1. The van der Waals surface area contributed by atoms with Gasteiger partial charge in [0.1, 0.15) is 0 Å². The van der Waals surface area contributed by atoms with Gasteiger partial charge < -0.3 is 11.1 Å². The first kappa shape index (κ1) is 16.3. The molecule has 1 aromatic carbocycles. The lowest BCUT2D eigenvalue weighted by Gasteiger charge is -2.36. The van der Waals surface area contributed by atoms with Crippen LogP contribution < -0.4 is 11.1 Å². The van der Waals surface area contributed by atoms with E-state index in [1.165, 1.54) is 5.56 Å². The molecule has 0 radical (unpaired) electrons. The van der Waals surface area contributed by atoms with Crippen LogP contribution in [0.1, 0.15) is 31.4 Å². The Bertz CT molecular complexity index is 463. The minimum absolute atomic E-state index is 0.0695. The van der Waals surface area contributed by atoms with Crippen LogP contribution in [0.5, 0.6) is 0 Å². The van der Waals surface area contributed by atoms with Crippen molar-refractivity contribution in [2.45, 2.75) is 25.8 Å². The van der Waals surface area contributed by atoms with Gasteiger partial charge in [-0.15, -0.1) is 0 Å². The third-order valence-electron chi connectivity index (χ3n) is 4.17. The predicted octanol–water partition coefficient (Wildman–Crippen LogP) is 2.19. The maximum absolute atomic E-state index is 12.1. The molecular formula is C16H24ClN3O. The SMILES string of the molecule is CC(c1ccc(Cl)cc1)N1CCCC(C(=O)NCCN)C1. The number of rotatable bonds is 5. The molecule has 1 saturated heterocycles. The maximum Gasteiger partial charge on any atom is 0.224 e. The summed E-state index contributed by atoms with van der Waals surface area (Å²) in [6.07, 6.45) is 2.01. The number of likely N-dealkylation sites (tertiary alicyclic amines) is 1. The first-order valence-corrected chi connectivity index (χ1v) is 7.97. The quantitative estimate of drug-likeness (QED) is 0.876. The number of hydrogen-bond acceptors (Lipinski definition) is 3. The van der Waals surface area contributed by atoms with E-state index >= 15 is 0 Å². The Morgan fingerprint density at radius 2 is 2.19 bits per heavy atom. The highest BCUT2D eigenvalue weighted by Crippen LogP contribution is 2.27. The van der Waals surface area contributed by atoms with Crippen molar-refractivity contribution in [2.75, 3.05) is 26.2 Å². The van der Waals surface area contributed by atoms with Crippen LogP contribution in [-0.2, 0) is 4.79 Å². The molecule has 0 aromatic heterocycles. The van der Waals surface area contributed by atoms with Crippen molar-refractivity contribution < 1.29 is 4.79 Å². The molecule has 2 unspecified atom stereocenters. The van der Waals surface area contributed by atoms with Crippen molar-refractivity contribution in [3.63, 3.8) is 0 Å². The van der Waals surface area contributed by atoms with E-state index in [9.17, 15) is 4.79 Å². The summed E-state index contributed by atoms with van der Waals surface area (Å²) in [5.74, 6) is 0.202. The monoisotopic (exact) mass is 309 g/mol. The Kier molecular flexibility index (Phi) is 6.03. The van der Waals surface area contributed by atoms with Crippen molar-refractivity contribution >= 4 is 17.5 Å². The Labute approximate surface area is 131 Å². The molecule has 0 spiro atoms. The topological polar surface area (TPSA) is 58.4 Å². The molecule has 1 aliphatic rings. The van der Waals surface area contributed by atoms with Crippen LogP contribution in [-0.4, -0.2) is 37.0 Å². The van der Waals surface area contributed by atoms with Crippen LogP contribution in [0.25, 0.3) is 0 Å². The number of nitrogens with one attached hydrogen (secondary N) is 1. The third kappa shape index (κ3) is 4.43. The number of hydrogen-bond donors (Lipinski definition) is 2. The van der Waals surface area contributed by atoms with Gasteiger partial charge in [-0.1, -0.05) is 23.7 Å². The number of halogens is 1. The van der Waals surface area contributed by atoms with Gasteiger partial charge in [0.15, 0.2) is 0 Å². The lowest BCUT2D eigenvalue weighted by atomic mass is 9.94.